The monoisotopic (exact) mass is 507 g/mol. The quantitative estimate of drug-likeness (QED) is 0.333. The molecule has 0 spiro atoms. The number of rotatable bonds is 8. The molecule has 35 heavy (non-hydrogen) atoms. The highest BCUT2D eigenvalue weighted by Crippen LogP contribution is 2.35. The molecule has 1 amide bonds. The van der Waals surface area contributed by atoms with Crippen LogP contribution < -0.4 is 4.74 Å². The van der Waals surface area contributed by atoms with Crippen LogP contribution >= 0.6 is 24.0 Å². The molecule has 4 rings (SSSR count). The molecule has 1 N–H and O–H groups in total. The van der Waals surface area contributed by atoms with Gasteiger partial charge < -0.3 is 9.84 Å². The third kappa shape index (κ3) is 5.63. The Morgan fingerprint density at radius 2 is 1.97 bits per heavy atom. The van der Waals surface area contributed by atoms with E-state index in [9.17, 15) is 9.59 Å². The number of para-hydroxylation sites is 1. The van der Waals surface area contributed by atoms with Crippen LogP contribution in [0, 0.1) is 12.8 Å². The van der Waals surface area contributed by atoms with Crippen molar-refractivity contribution in [2.45, 2.75) is 20.8 Å². The molecule has 1 fully saturated rings. The topological polar surface area (TPSA) is 84.7 Å². The number of ether oxygens (including phenoxy) is 1. The molecule has 0 saturated carbocycles. The van der Waals surface area contributed by atoms with Gasteiger partial charge in [-0.1, -0.05) is 56.0 Å². The number of nitrogens with zero attached hydrogens (tertiary/aromatic N) is 3. The van der Waals surface area contributed by atoms with Crippen molar-refractivity contribution in [2.75, 3.05) is 13.2 Å². The molecule has 0 bridgehead atoms. The molecule has 7 nitrogen and oxygen atoms in total. The van der Waals surface area contributed by atoms with Gasteiger partial charge in [-0.05, 0) is 54.8 Å². The van der Waals surface area contributed by atoms with Crippen molar-refractivity contribution in [3.05, 3.63) is 70.8 Å². The van der Waals surface area contributed by atoms with Gasteiger partial charge in [0.2, 0.25) is 0 Å². The average Bonchev–Trinajstić information content (AvgIpc) is 3.35. The second-order valence-corrected chi connectivity index (χ2v) is 10.2. The maximum atomic E-state index is 12.8. The largest absolute Gasteiger partial charge is 0.493 e. The molecule has 1 aromatic heterocycles. The Morgan fingerprint density at radius 1 is 1.23 bits per heavy atom. The highest BCUT2D eigenvalue weighted by molar-refractivity contribution is 8.26. The molecule has 1 saturated heterocycles. The van der Waals surface area contributed by atoms with Crippen molar-refractivity contribution in [2.24, 2.45) is 5.92 Å². The van der Waals surface area contributed by atoms with E-state index in [0.29, 0.717) is 23.1 Å². The van der Waals surface area contributed by atoms with E-state index in [0.717, 1.165) is 44.8 Å². The lowest BCUT2D eigenvalue weighted by atomic mass is 10.0. The summed E-state index contributed by atoms with van der Waals surface area (Å²) in [6.45, 7) is 6.36. The maximum Gasteiger partial charge on any atom is 0.323 e. The van der Waals surface area contributed by atoms with E-state index in [1.807, 2.05) is 61.7 Å². The number of benzene rings is 2. The summed E-state index contributed by atoms with van der Waals surface area (Å²) in [6.07, 6.45) is 3.58. The smallest absolute Gasteiger partial charge is 0.323 e. The zero-order valence-corrected chi connectivity index (χ0v) is 21.2. The van der Waals surface area contributed by atoms with E-state index in [4.69, 9.17) is 27.2 Å². The molecule has 1 aliphatic heterocycles. The van der Waals surface area contributed by atoms with Crippen LogP contribution in [0.2, 0.25) is 0 Å². The summed E-state index contributed by atoms with van der Waals surface area (Å²) in [7, 11) is 0. The molecule has 0 radical (unpaired) electrons. The summed E-state index contributed by atoms with van der Waals surface area (Å²) < 4.78 is 7.90. The molecule has 1 aliphatic rings. The second-order valence-electron chi connectivity index (χ2n) is 8.56. The first-order chi connectivity index (χ1) is 16.7. The first-order valence-electron chi connectivity index (χ1n) is 11.1. The van der Waals surface area contributed by atoms with Crippen LogP contribution in [0.25, 0.3) is 23.0 Å². The zero-order valence-electron chi connectivity index (χ0n) is 19.6. The predicted octanol–water partition coefficient (Wildman–Crippen LogP) is 5.17. The molecular formula is C26H25N3O4S2. The number of aryl methyl sites for hydroxylation is 1. The number of thioether (sulfide) groups is 1. The number of aliphatic carboxylic acids is 1. The van der Waals surface area contributed by atoms with Gasteiger partial charge in [-0.15, -0.1) is 0 Å². The van der Waals surface area contributed by atoms with Crippen molar-refractivity contribution < 1.29 is 19.4 Å². The lowest BCUT2D eigenvalue weighted by molar-refractivity contribution is -0.140. The van der Waals surface area contributed by atoms with Crippen molar-refractivity contribution in [3.63, 3.8) is 0 Å². The van der Waals surface area contributed by atoms with E-state index in [1.54, 1.807) is 10.8 Å². The van der Waals surface area contributed by atoms with Crippen molar-refractivity contribution in [1.82, 2.24) is 14.7 Å². The summed E-state index contributed by atoms with van der Waals surface area (Å²) in [4.78, 5) is 25.5. The Bertz CT molecular complexity index is 1320. The number of aromatic nitrogens is 2. The third-order valence-corrected chi connectivity index (χ3v) is 6.62. The lowest BCUT2D eigenvalue weighted by Gasteiger charge is -2.12. The van der Waals surface area contributed by atoms with Crippen molar-refractivity contribution >= 4 is 46.3 Å². The zero-order chi connectivity index (χ0) is 25.1. The number of carbonyl (C=O) groups excluding carboxylic acids is 1. The maximum absolute atomic E-state index is 12.8. The summed E-state index contributed by atoms with van der Waals surface area (Å²) >= 11 is 6.33. The second kappa shape index (κ2) is 10.5. The first kappa shape index (κ1) is 24.7. The van der Waals surface area contributed by atoms with Gasteiger partial charge in [0.15, 0.2) is 0 Å². The Kier molecular flexibility index (Phi) is 7.37. The molecule has 3 aromatic rings. The molecule has 0 aliphatic carbocycles. The van der Waals surface area contributed by atoms with Gasteiger partial charge in [0, 0.05) is 17.3 Å². The van der Waals surface area contributed by atoms with Gasteiger partial charge in [0.05, 0.1) is 17.2 Å². The van der Waals surface area contributed by atoms with E-state index in [2.05, 4.69) is 13.8 Å². The normalized spacial score (nSPS) is 14.9. The van der Waals surface area contributed by atoms with Gasteiger partial charge in [0.25, 0.3) is 5.91 Å². The van der Waals surface area contributed by atoms with Crippen LogP contribution in [0.4, 0.5) is 0 Å². The number of hydrogen-bond donors (Lipinski definition) is 1. The van der Waals surface area contributed by atoms with Crippen LogP contribution in [0.3, 0.4) is 0 Å². The molecule has 2 heterocycles. The number of carboxylic acid groups (broad SMARTS) is 1. The standard InChI is InChI=1S/C26H25N3O4S2/c1-16(2)15-33-21-10-9-18(11-17(21)3)24-19(13-29(27-24)20-7-5-4-6-8-20)12-22-25(32)28(14-23(30)31)26(34)35-22/h4-13,16H,14-15H2,1-3H3,(H,30,31)/b22-12-. The molecule has 0 unspecified atom stereocenters. The van der Waals surface area contributed by atoms with E-state index in [1.165, 1.54) is 0 Å². The van der Waals surface area contributed by atoms with Gasteiger partial charge in [0.1, 0.15) is 22.3 Å². The fourth-order valence-electron chi connectivity index (χ4n) is 3.56. The van der Waals surface area contributed by atoms with Gasteiger partial charge in [-0.25, -0.2) is 4.68 Å². The van der Waals surface area contributed by atoms with E-state index < -0.39 is 18.4 Å². The van der Waals surface area contributed by atoms with E-state index >= 15 is 0 Å². The number of thiocarbonyl (C=S) groups is 1. The minimum Gasteiger partial charge on any atom is -0.493 e. The summed E-state index contributed by atoms with van der Waals surface area (Å²) in [5.41, 5.74) is 4.15. The highest BCUT2D eigenvalue weighted by atomic mass is 32.2. The van der Waals surface area contributed by atoms with Gasteiger partial charge >= 0.3 is 5.97 Å². The Balaban J connectivity index is 1.75. The predicted molar refractivity (Wildman–Crippen MR) is 142 cm³/mol. The first-order valence-corrected chi connectivity index (χ1v) is 12.3. The Hall–Kier alpha value is -3.43. The molecule has 9 heteroatoms. The SMILES string of the molecule is Cc1cc(-c2nn(-c3ccccc3)cc2/C=C2\SC(=S)N(CC(=O)O)C2=O)ccc1OCC(C)C. The number of carboxylic acids is 1. The lowest BCUT2D eigenvalue weighted by Crippen LogP contribution is -2.33. The van der Waals surface area contributed by atoms with Crippen molar-refractivity contribution in [3.8, 4) is 22.7 Å². The fourth-order valence-corrected chi connectivity index (χ4v) is 4.80. The Morgan fingerprint density at radius 3 is 2.63 bits per heavy atom. The average molecular weight is 508 g/mol. The molecule has 2 aromatic carbocycles. The van der Waals surface area contributed by atoms with Crippen LogP contribution in [-0.4, -0.2) is 49.1 Å². The van der Waals surface area contributed by atoms with E-state index in [-0.39, 0.29) is 4.32 Å². The summed E-state index contributed by atoms with van der Waals surface area (Å²) in [6, 6.07) is 15.6. The molecular weight excluding hydrogens is 482 g/mol. The van der Waals surface area contributed by atoms with Gasteiger partial charge in [-0.3, -0.25) is 14.5 Å². The minimum absolute atomic E-state index is 0.225. The van der Waals surface area contributed by atoms with Crippen LogP contribution in [-0.2, 0) is 9.59 Å². The third-order valence-electron chi connectivity index (χ3n) is 5.24. The highest BCUT2D eigenvalue weighted by Gasteiger charge is 2.33. The minimum atomic E-state index is -1.12. The summed E-state index contributed by atoms with van der Waals surface area (Å²) in [5, 5.41) is 13.9. The van der Waals surface area contributed by atoms with Gasteiger partial charge in [-0.2, -0.15) is 5.10 Å². The summed E-state index contributed by atoms with van der Waals surface area (Å²) in [5.74, 6) is -0.298. The number of hydrogen-bond acceptors (Lipinski definition) is 6. The molecule has 0 atom stereocenters. The van der Waals surface area contributed by atoms with Crippen molar-refractivity contribution in [1.29, 1.82) is 0 Å². The number of amides is 1. The Labute approximate surface area is 213 Å². The van der Waals surface area contributed by atoms with Crippen LogP contribution in [0.1, 0.15) is 25.0 Å². The van der Waals surface area contributed by atoms with Crippen LogP contribution in [0.15, 0.2) is 59.6 Å². The fraction of sp³-hybridized carbons (Fsp3) is 0.231. The van der Waals surface area contributed by atoms with Crippen LogP contribution in [0.5, 0.6) is 5.75 Å². The molecule has 180 valence electrons. The number of carbonyl (C=O) groups is 2.